The summed E-state index contributed by atoms with van der Waals surface area (Å²) in [4.78, 5) is 2.46. The molecule has 1 N–H and O–H groups in total. The first-order chi connectivity index (χ1) is 8.38. The molecule has 1 aliphatic rings. The minimum atomic E-state index is -0.215. The van der Waals surface area contributed by atoms with E-state index < -0.39 is 0 Å². The van der Waals surface area contributed by atoms with Gasteiger partial charge in [0, 0.05) is 25.7 Å². The Morgan fingerprint density at radius 2 is 2.12 bits per heavy atom. The number of alkyl halides is 1. The normalized spacial score (nSPS) is 20.9. The van der Waals surface area contributed by atoms with Crippen molar-refractivity contribution >= 4 is 0 Å². The molecule has 2 rings (SSSR count). The first-order valence-electron chi connectivity index (χ1n) is 6.44. The first-order valence-corrected chi connectivity index (χ1v) is 6.44. The van der Waals surface area contributed by atoms with E-state index in [1.165, 1.54) is 12.0 Å². The average molecular weight is 236 g/mol. The molecular formula is C14H21FN2. The molecule has 17 heavy (non-hydrogen) atoms. The fraction of sp³-hybridized carbons (Fsp3) is 0.571. The Hall–Kier alpha value is -0.930. The first kappa shape index (κ1) is 12.5. The monoisotopic (exact) mass is 236 g/mol. The molecular weight excluding hydrogens is 215 g/mol. The van der Waals surface area contributed by atoms with Crippen molar-refractivity contribution in [2.45, 2.75) is 25.4 Å². The van der Waals surface area contributed by atoms with E-state index >= 15 is 0 Å². The lowest BCUT2D eigenvalue weighted by Crippen LogP contribution is -2.33. The molecule has 1 fully saturated rings. The number of hydrogen-bond donors (Lipinski definition) is 1. The van der Waals surface area contributed by atoms with Gasteiger partial charge in [-0.05, 0) is 24.9 Å². The van der Waals surface area contributed by atoms with Gasteiger partial charge in [0.25, 0.3) is 0 Å². The summed E-state index contributed by atoms with van der Waals surface area (Å²) in [6, 6.07) is 11.1. The molecule has 1 heterocycles. The summed E-state index contributed by atoms with van der Waals surface area (Å²) in [5.41, 5.74) is 1.37. The predicted octanol–water partition coefficient (Wildman–Crippen LogP) is 2.21. The summed E-state index contributed by atoms with van der Waals surface area (Å²) in [6.07, 6.45) is 1.81. The smallest absolute Gasteiger partial charge is 0.0906 e. The second-order valence-electron chi connectivity index (χ2n) is 4.70. The van der Waals surface area contributed by atoms with Crippen LogP contribution in [-0.2, 0) is 6.54 Å². The number of nitrogens with zero attached hydrogens (tertiary/aromatic N) is 1. The highest BCUT2D eigenvalue weighted by molar-refractivity contribution is 5.14. The summed E-state index contributed by atoms with van der Waals surface area (Å²) in [7, 11) is 0. The van der Waals surface area contributed by atoms with Crippen molar-refractivity contribution in [2.24, 2.45) is 0 Å². The average Bonchev–Trinajstić information content (AvgIpc) is 2.79. The van der Waals surface area contributed by atoms with Crippen LogP contribution in [0.4, 0.5) is 4.39 Å². The van der Waals surface area contributed by atoms with Crippen LogP contribution in [0.2, 0.25) is 0 Å². The standard InChI is InChI=1S/C14H21FN2/c15-8-4-9-16-14-7-10-17(12-14)11-13-5-2-1-3-6-13/h1-3,5-6,14,16H,4,7-12H2. The number of nitrogens with one attached hydrogen (secondary N) is 1. The van der Waals surface area contributed by atoms with Gasteiger partial charge in [-0.15, -0.1) is 0 Å². The maximum atomic E-state index is 12.0. The minimum absolute atomic E-state index is 0.215. The van der Waals surface area contributed by atoms with Crippen molar-refractivity contribution in [1.82, 2.24) is 10.2 Å². The number of rotatable bonds is 6. The van der Waals surface area contributed by atoms with E-state index in [1.54, 1.807) is 0 Å². The van der Waals surface area contributed by atoms with Crippen molar-refractivity contribution in [2.75, 3.05) is 26.3 Å². The predicted molar refractivity (Wildman–Crippen MR) is 68.7 cm³/mol. The maximum Gasteiger partial charge on any atom is 0.0906 e. The number of hydrogen-bond acceptors (Lipinski definition) is 2. The number of benzene rings is 1. The second-order valence-corrected chi connectivity index (χ2v) is 4.70. The van der Waals surface area contributed by atoms with Crippen molar-refractivity contribution in [3.63, 3.8) is 0 Å². The molecule has 0 spiro atoms. The van der Waals surface area contributed by atoms with E-state index in [4.69, 9.17) is 0 Å². The fourth-order valence-corrected chi connectivity index (χ4v) is 2.36. The van der Waals surface area contributed by atoms with Gasteiger partial charge in [0.1, 0.15) is 0 Å². The lowest BCUT2D eigenvalue weighted by atomic mass is 10.2. The minimum Gasteiger partial charge on any atom is -0.313 e. The van der Waals surface area contributed by atoms with Crippen molar-refractivity contribution in [3.8, 4) is 0 Å². The zero-order chi connectivity index (χ0) is 11.9. The molecule has 1 aliphatic heterocycles. The number of likely N-dealkylation sites (tertiary alicyclic amines) is 1. The molecule has 1 aromatic rings. The zero-order valence-corrected chi connectivity index (χ0v) is 10.2. The quantitative estimate of drug-likeness (QED) is 0.762. The van der Waals surface area contributed by atoms with Gasteiger partial charge in [0.05, 0.1) is 6.67 Å². The topological polar surface area (TPSA) is 15.3 Å². The molecule has 0 aromatic heterocycles. The molecule has 0 amide bonds. The van der Waals surface area contributed by atoms with Crippen molar-refractivity contribution in [1.29, 1.82) is 0 Å². The Kier molecular flexibility index (Phi) is 4.95. The largest absolute Gasteiger partial charge is 0.313 e. The lowest BCUT2D eigenvalue weighted by Gasteiger charge is -2.16. The highest BCUT2D eigenvalue weighted by atomic mass is 19.1. The van der Waals surface area contributed by atoms with Crippen LogP contribution in [0, 0.1) is 0 Å². The van der Waals surface area contributed by atoms with E-state index in [1.807, 2.05) is 0 Å². The van der Waals surface area contributed by atoms with Crippen LogP contribution >= 0.6 is 0 Å². The summed E-state index contributed by atoms with van der Waals surface area (Å²) >= 11 is 0. The van der Waals surface area contributed by atoms with Crippen LogP contribution in [0.1, 0.15) is 18.4 Å². The molecule has 1 unspecified atom stereocenters. The zero-order valence-electron chi connectivity index (χ0n) is 10.2. The van der Waals surface area contributed by atoms with Crippen molar-refractivity contribution < 1.29 is 4.39 Å². The van der Waals surface area contributed by atoms with Crippen LogP contribution < -0.4 is 5.32 Å². The third kappa shape index (κ3) is 4.10. The van der Waals surface area contributed by atoms with Gasteiger partial charge < -0.3 is 5.32 Å². The summed E-state index contributed by atoms with van der Waals surface area (Å²) in [5.74, 6) is 0. The highest BCUT2D eigenvalue weighted by Crippen LogP contribution is 2.13. The molecule has 0 saturated carbocycles. The number of halogens is 1. The van der Waals surface area contributed by atoms with Gasteiger partial charge in [0.2, 0.25) is 0 Å². The van der Waals surface area contributed by atoms with E-state index in [9.17, 15) is 4.39 Å². The third-order valence-corrected chi connectivity index (χ3v) is 3.26. The van der Waals surface area contributed by atoms with Crippen LogP contribution in [0.3, 0.4) is 0 Å². The molecule has 1 aromatic carbocycles. The van der Waals surface area contributed by atoms with E-state index in [2.05, 4.69) is 40.5 Å². The molecule has 0 aliphatic carbocycles. The molecule has 2 nitrogen and oxygen atoms in total. The van der Waals surface area contributed by atoms with E-state index in [0.717, 1.165) is 26.2 Å². The molecule has 1 atom stereocenters. The van der Waals surface area contributed by atoms with Crippen LogP contribution in [0.5, 0.6) is 0 Å². The molecule has 94 valence electrons. The summed E-state index contributed by atoms with van der Waals surface area (Å²) in [5, 5.41) is 3.42. The van der Waals surface area contributed by atoms with Gasteiger partial charge in [-0.1, -0.05) is 30.3 Å². The van der Waals surface area contributed by atoms with Gasteiger partial charge in [-0.2, -0.15) is 0 Å². The Labute approximate surface area is 103 Å². The Morgan fingerprint density at radius 3 is 2.88 bits per heavy atom. The Bertz CT molecular complexity index is 315. The van der Waals surface area contributed by atoms with Crippen LogP contribution in [0.25, 0.3) is 0 Å². The lowest BCUT2D eigenvalue weighted by molar-refractivity contribution is 0.319. The second kappa shape index (κ2) is 6.72. The van der Waals surface area contributed by atoms with E-state index in [0.29, 0.717) is 12.5 Å². The van der Waals surface area contributed by atoms with Crippen molar-refractivity contribution in [3.05, 3.63) is 35.9 Å². The fourth-order valence-electron chi connectivity index (χ4n) is 2.36. The Morgan fingerprint density at radius 1 is 1.29 bits per heavy atom. The van der Waals surface area contributed by atoms with Crippen LogP contribution in [0.15, 0.2) is 30.3 Å². The SMILES string of the molecule is FCCCNC1CCN(Cc2ccccc2)C1. The molecule has 1 saturated heterocycles. The van der Waals surface area contributed by atoms with Gasteiger partial charge in [-0.3, -0.25) is 9.29 Å². The van der Waals surface area contributed by atoms with E-state index in [-0.39, 0.29) is 6.67 Å². The molecule has 3 heteroatoms. The van der Waals surface area contributed by atoms with Gasteiger partial charge in [0.15, 0.2) is 0 Å². The Balaban J connectivity index is 1.71. The molecule has 0 bridgehead atoms. The summed E-state index contributed by atoms with van der Waals surface area (Å²) in [6.45, 7) is 3.85. The van der Waals surface area contributed by atoms with Crippen LogP contribution in [-0.4, -0.2) is 37.3 Å². The van der Waals surface area contributed by atoms with Gasteiger partial charge in [-0.25, -0.2) is 0 Å². The third-order valence-electron chi connectivity index (χ3n) is 3.26. The maximum absolute atomic E-state index is 12.0. The molecule has 0 radical (unpaired) electrons. The summed E-state index contributed by atoms with van der Waals surface area (Å²) < 4.78 is 12.0. The highest BCUT2D eigenvalue weighted by Gasteiger charge is 2.21. The van der Waals surface area contributed by atoms with Gasteiger partial charge >= 0.3 is 0 Å².